The maximum Gasteiger partial charge on any atom is 0.122 e. The molecule has 1 aliphatic carbocycles. The van der Waals surface area contributed by atoms with E-state index in [4.69, 9.17) is 16.1 Å². The Bertz CT molecular complexity index is 1160. The standard InChI is InChI=1S/C21H19N5.ClH/c22-21(23)13-7-5-12(6-8-13)20-15-4-2-1-3-14(15)19-16-11-24-26-17(16)9-10-18(19)25-20;/h5-11H,1-4H2,(H3,22,23)(H,24,26);1H. The summed E-state index contributed by atoms with van der Waals surface area (Å²) in [6, 6.07) is 12.0. The smallest absolute Gasteiger partial charge is 0.122 e. The number of benzene rings is 2. The summed E-state index contributed by atoms with van der Waals surface area (Å²) in [6.45, 7) is 0. The number of nitrogen functional groups attached to an aromatic ring is 1. The van der Waals surface area contributed by atoms with Crippen molar-refractivity contribution in [1.29, 1.82) is 5.41 Å². The predicted molar refractivity (Wildman–Crippen MR) is 112 cm³/mol. The average molecular weight is 378 g/mol. The first-order valence-corrected chi connectivity index (χ1v) is 8.95. The molecule has 4 aromatic rings. The number of halogens is 1. The third kappa shape index (κ3) is 2.75. The summed E-state index contributed by atoms with van der Waals surface area (Å²) in [7, 11) is 0. The SMILES string of the molecule is Cl.N=C(N)c1ccc(-c2nc3ccc4[nH]ncc4c3c3c2CCCC3)cc1. The number of nitrogens with zero attached hydrogens (tertiary/aromatic N) is 2. The zero-order valence-electron chi connectivity index (χ0n) is 14.7. The van der Waals surface area contributed by atoms with Crippen molar-refractivity contribution in [3.63, 3.8) is 0 Å². The number of rotatable bonds is 2. The van der Waals surface area contributed by atoms with Gasteiger partial charge in [-0.15, -0.1) is 12.4 Å². The highest BCUT2D eigenvalue weighted by molar-refractivity contribution is 6.07. The van der Waals surface area contributed by atoms with E-state index in [0.717, 1.165) is 46.1 Å². The van der Waals surface area contributed by atoms with Crippen molar-refractivity contribution in [2.75, 3.05) is 0 Å². The van der Waals surface area contributed by atoms with E-state index in [1.54, 1.807) is 0 Å². The molecule has 0 aliphatic heterocycles. The van der Waals surface area contributed by atoms with Crippen LogP contribution >= 0.6 is 12.4 Å². The molecule has 136 valence electrons. The zero-order valence-corrected chi connectivity index (χ0v) is 15.6. The molecule has 0 saturated heterocycles. The van der Waals surface area contributed by atoms with Crippen LogP contribution in [0.3, 0.4) is 0 Å². The number of H-pyrrole nitrogens is 1. The van der Waals surface area contributed by atoms with Gasteiger partial charge in [0, 0.05) is 21.9 Å². The molecule has 5 nitrogen and oxygen atoms in total. The minimum atomic E-state index is 0. The van der Waals surface area contributed by atoms with Gasteiger partial charge in [0.15, 0.2) is 0 Å². The molecular formula is C21H20ClN5. The summed E-state index contributed by atoms with van der Waals surface area (Å²) in [5.74, 6) is 0.0902. The normalized spacial score (nSPS) is 13.3. The van der Waals surface area contributed by atoms with Crippen LogP contribution < -0.4 is 5.73 Å². The van der Waals surface area contributed by atoms with E-state index in [0.29, 0.717) is 0 Å². The van der Waals surface area contributed by atoms with Crippen molar-refractivity contribution < 1.29 is 0 Å². The number of aryl methyl sites for hydroxylation is 1. The lowest BCUT2D eigenvalue weighted by Crippen LogP contribution is -2.11. The second kappa shape index (κ2) is 6.67. The molecule has 4 N–H and O–H groups in total. The van der Waals surface area contributed by atoms with Gasteiger partial charge in [0.1, 0.15) is 5.84 Å². The molecule has 0 radical (unpaired) electrons. The Balaban J connectivity index is 0.00000180. The lowest BCUT2D eigenvalue weighted by molar-refractivity contribution is 0.689. The van der Waals surface area contributed by atoms with Crippen LogP contribution in [0.25, 0.3) is 33.1 Å². The second-order valence-electron chi connectivity index (χ2n) is 6.91. The number of hydrogen-bond acceptors (Lipinski definition) is 3. The van der Waals surface area contributed by atoms with Crippen LogP contribution in [0.4, 0.5) is 0 Å². The van der Waals surface area contributed by atoms with Crippen LogP contribution in [0.1, 0.15) is 29.5 Å². The van der Waals surface area contributed by atoms with E-state index >= 15 is 0 Å². The first-order valence-electron chi connectivity index (χ1n) is 8.95. The first-order chi connectivity index (χ1) is 12.7. The number of pyridine rings is 1. The number of nitrogens with two attached hydrogens (primary N) is 1. The van der Waals surface area contributed by atoms with Crippen molar-refractivity contribution in [1.82, 2.24) is 15.2 Å². The Morgan fingerprint density at radius 3 is 2.48 bits per heavy atom. The quantitative estimate of drug-likeness (QED) is 0.358. The van der Waals surface area contributed by atoms with Crippen LogP contribution in [0, 0.1) is 5.41 Å². The molecule has 2 aromatic heterocycles. The molecule has 0 spiro atoms. The third-order valence-electron chi connectivity index (χ3n) is 5.36. The van der Waals surface area contributed by atoms with E-state index in [-0.39, 0.29) is 18.2 Å². The van der Waals surface area contributed by atoms with Crippen molar-refractivity contribution in [3.8, 4) is 11.3 Å². The minimum absolute atomic E-state index is 0. The highest BCUT2D eigenvalue weighted by atomic mass is 35.5. The summed E-state index contributed by atoms with van der Waals surface area (Å²) in [5, 5.41) is 17.3. The van der Waals surface area contributed by atoms with Crippen LogP contribution in [-0.4, -0.2) is 21.0 Å². The molecule has 5 rings (SSSR count). The predicted octanol–water partition coefficient (Wildman–Crippen LogP) is 4.36. The lowest BCUT2D eigenvalue weighted by atomic mass is 9.85. The summed E-state index contributed by atoms with van der Waals surface area (Å²) < 4.78 is 0. The Morgan fingerprint density at radius 2 is 1.74 bits per heavy atom. The molecule has 0 atom stereocenters. The van der Waals surface area contributed by atoms with Gasteiger partial charge < -0.3 is 5.73 Å². The molecular weight excluding hydrogens is 358 g/mol. The van der Waals surface area contributed by atoms with Gasteiger partial charge in [-0.05, 0) is 48.9 Å². The Morgan fingerprint density at radius 1 is 1.00 bits per heavy atom. The lowest BCUT2D eigenvalue weighted by Gasteiger charge is -2.22. The van der Waals surface area contributed by atoms with Crippen molar-refractivity contribution in [2.45, 2.75) is 25.7 Å². The van der Waals surface area contributed by atoms with Crippen LogP contribution in [0.2, 0.25) is 0 Å². The minimum Gasteiger partial charge on any atom is -0.384 e. The number of hydrogen-bond donors (Lipinski definition) is 3. The summed E-state index contributed by atoms with van der Waals surface area (Å²) in [6.07, 6.45) is 6.45. The van der Waals surface area contributed by atoms with Gasteiger partial charge in [0.25, 0.3) is 0 Å². The van der Waals surface area contributed by atoms with Gasteiger partial charge in [0.05, 0.1) is 22.9 Å². The number of amidine groups is 1. The van der Waals surface area contributed by atoms with Crippen LogP contribution in [0.5, 0.6) is 0 Å². The Labute approximate surface area is 162 Å². The number of aromatic nitrogens is 3. The average Bonchev–Trinajstić information content (AvgIpc) is 3.16. The van der Waals surface area contributed by atoms with Gasteiger partial charge in [-0.1, -0.05) is 24.3 Å². The topological polar surface area (TPSA) is 91.4 Å². The molecule has 0 unspecified atom stereocenters. The molecule has 1 aliphatic rings. The maximum absolute atomic E-state index is 7.58. The van der Waals surface area contributed by atoms with Crippen LogP contribution in [-0.2, 0) is 12.8 Å². The summed E-state index contributed by atoms with van der Waals surface area (Å²) >= 11 is 0. The molecule has 27 heavy (non-hydrogen) atoms. The Kier molecular flexibility index (Phi) is 4.32. The van der Waals surface area contributed by atoms with E-state index in [2.05, 4.69) is 22.3 Å². The fourth-order valence-electron chi connectivity index (χ4n) is 4.09. The second-order valence-corrected chi connectivity index (χ2v) is 6.91. The zero-order chi connectivity index (χ0) is 17.7. The van der Waals surface area contributed by atoms with Gasteiger partial charge in [0.2, 0.25) is 0 Å². The molecule has 0 amide bonds. The Hall–Kier alpha value is -2.92. The number of fused-ring (bicyclic) bond motifs is 5. The van der Waals surface area contributed by atoms with E-state index < -0.39 is 0 Å². The molecule has 0 saturated carbocycles. The monoisotopic (exact) mass is 377 g/mol. The highest BCUT2D eigenvalue weighted by Crippen LogP contribution is 2.37. The summed E-state index contributed by atoms with van der Waals surface area (Å²) in [4.78, 5) is 5.04. The van der Waals surface area contributed by atoms with E-state index in [1.807, 2.05) is 30.5 Å². The molecule has 0 fully saturated rings. The maximum atomic E-state index is 7.58. The van der Waals surface area contributed by atoms with Crippen molar-refractivity contribution in [3.05, 3.63) is 59.3 Å². The van der Waals surface area contributed by atoms with E-state index in [9.17, 15) is 0 Å². The van der Waals surface area contributed by atoms with Crippen molar-refractivity contribution in [2.24, 2.45) is 5.73 Å². The first kappa shape index (κ1) is 17.5. The largest absolute Gasteiger partial charge is 0.384 e. The highest BCUT2D eigenvalue weighted by Gasteiger charge is 2.21. The molecule has 6 heteroatoms. The number of nitrogens with one attached hydrogen (secondary N) is 2. The fraction of sp³-hybridized carbons (Fsp3) is 0.190. The summed E-state index contributed by atoms with van der Waals surface area (Å²) in [5.41, 5.74) is 13.3. The molecule has 2 aromatic carbocycles. The van der Waals surface area contributed by atoms with Gasteiger partial charge >= 0.3 is 0 Å². The number of aromatic amines is 1. The third-order valence-corrected chi connectivity index (χ3v) is 5.36. The van der Waals surface area contributed by atoms with Gasteiger partial charge in [-0.3, -0.25) is 10.5 Å². The molecule has 2 heterocycles. The van der Waals surface area contributed by atoms with Crippen molar-refractivity contribution >= 4 is 40.0 Å². The van der Waals surface area contributed by atoms with E-state index in [1.165, 1.54) is 29.4 Å². The van der Waals surface area contributed by atoms with Gasteiger partial charge in [-0.2, -0.15) is 5.10 Å². The fourth-order valence-corrected chi connectivity index (χ4v) is 4.09. The molecule has 0 bridgehead atoms. The van der Waals surface area contributed by atoms with Gasteiger partial charge in [-0.25, -0.2) is 4.98 Å². The van der Waals surface area contributed by atoms with Crippen LogP contribution in [0.15, 0.2) is 42.6 Å².